The van der Waals surface area contributed by atoms with Gasteiger partial charge in [-0.1, -0.05) is 13.8 Å². The molecule has 0 bridgehead atoms. The molecule has 0 radical (unpaired) electrons. The Balaban J connectivity index is 2.60. The Morgan fingerprint density at radius 1 is 1.60 bits per heavy atom. The Bertz CT molecular complexity index is 154. The maximum absolute atomic E-state index is 9.01. The van der Waals surface area contributed by atoms with Gasteiger partial charge in [0.05, 0.1) is 0 Å². The number of amidine groups is 1. The first-order valence-electron chi connectivity index (χ1n) is 3.70. The van der Waals surface area contributed by atoms with E-state index in [2.05, 4.69) is 31.1 Å². The highest BCUT2D eigenvalue weighted by Gasteiger charge is 2.33. The number of hydrogen-bond donors (Lipinski definition) is 3. The maximum atomic E-state index is 9.01. The summed E-state index contributed by atoms with van der Waals surface area (Å²) in [5, 5.41) is 11.9. The maximum Gasteiger partial charge on any atom is 0.440 e. The molecule has 0 amide bonds. The third kappa shape index (κ3) is 1.23. The fraction of sp³-hybridized carbons (Fsp3) is 0.857. The third-order valence-electron chi connectivity index (χ3n) is 1.92. The first-order valence-corrected chi connectivity index (χ1v) is 3.70. The van der Waals surface area contributed by atoms with E-state index in [1.54, 1.807) is 0 Å². The molecule has 1 rings (SSSR count). The summed E-state index contributed by atoms with van der Waals surface area (Å²) in [6.07, 6.45) is 0. The first-order chi connectivity index (χ1) is 4.61. The molecule has 0 aromatic heterocycles. The quantitative estimate of drug-likeness (QED) is 0.441. The molecule has 1 aliphatic rings. The summed E-state index contributed by atoms with van der Waals surface area (Å²) >= 11 is 0. The molecule has 0 saturated carbocycles. The average molecular weight is 143 g/mol. The van der Waals surface area contributed by atoms with Gasteiger partial charge in [0, 0.05) is 0 Å². The summed E-state index contributed by atoms with van der Waals surface area (Å²) in [6.45, 7) is 6.32. The topological polar surface area (TPSA) is 46.2 Å². The van der Waals surface area contributed by atoms with Gasteiger partial charge < -0.3 is 5.11 Å². The van der Waals surface area contributed by atoms with Crippen molar-refractivity contribution < 1.29 is 10.1 Å². The standard InChI is InChI=1S/C7H14N2O/c1-4(2)6-5(3)8-7(10)9-6/h4-6H,1-3H3,(H2,8,9,10)/p+1. The molecule has 3 nitrogen and oxygen atoms in total. The van der Waals surface area contributed by atoms with Crippen LogP contribution in [-0.4, -0.2) is 23.2 Å². The van der Waals surface area contributed by atoms with Gasteiger partial charge in [0.1, 0.15) is 12.1 Å². The zero-order chi connectivity index (χ0) is 7.72. The second kappa shape index (κ2) is 2.48. The van der Waals surface area contributed by atoms with Crippen molar-refractivity contribution in [3.8, 4) is 0 Å². The Morgan fingerprint density at radius 3 is 2.40 bits per heavy atom. The lowest BCUT2D eigenvalue weighted by atomic mass is 10.00. The van der Waals surface area contributed by atoms with E-state index in [-0.39, 0.29) is 6.02 Å². The Labute approximate surface area is 61.2 Å². The fourth-order valence-corrected chi connectivity index (χ4v) is 1.37. The number of aliphatic hydroxyl groups excluding tert-OH is 1. The van der Waals surface area contributed by atoms with Crippen LogP contribution in [0.1, 0.15) is 20.8 Å². The summed E-state index contributed by atoms with van der Waals surface area (Å²) < 4.78 is 0. The third-order valence-corrected chi connectivity index (χ3v) is 1.92. The van der Waals surface area contributed by atoms with Crippen LogP contribution in [0.15, 0.2) is 0 Å². The number of nitrogens with one attached hydrogen (secondary N) is 2. The molecule has 0 spiro atoms. The summed E-state index contributed by atoms with van der Waals surface area (Å²) in [7, 11) is 0. The molecule has 10 heavy (non-hydrogen) atoms. The van der Waals surface area contributed by atoms with Gasteiger partial charge in [-0.15, -0.1) is 0 Å². The van der Waals surface area contributed by atoms with Crippen molar-refractivity contribution >= 4 is 6.02 Å². The lowest BCUT2D eigenvalue weighted by Gasteiger charge is -2.10. The average Bonchev–Trinajstić information content (AvgIpc) is 2.10. The monoisotopic (exact) mass is 143 g/mol. The van der Waals surface area contributed by atoms with Crippen molar-refractivity contribution in [1.82, 2.24) is 5.32 Å². The molecule has 58 valence electrons. The van der Waals surface area contributed by atoms with E-state index in [9.17, 15) is 0 Å². The van der Waals surface area contributed by atoms with E-state index >= 15 is 0 Å². The van der Waals surface area contributed by atoms with Gasteiger partial charge >= 0.3 is 6.02 Å². The summed E-state index contributed by atoms with van der Waals surface area (Å²) in [4.78, 5) is 2.96. The van der Waals surface area contributed by atoms with Crippen LogP contribution < -0.4 is 10.3 Å². The second-order valence-corrected chi connectivity index (χ2v) is 3.20. The van der Waals surface area contributed by atoms with E-state index in [4.69, 9.17) is 5.11 Å². The van der Waals surface area contributed by atoms with E-state index in [1.165, 1.54) is 0 Å². The zero-order valence-electron chi connectivity index (χ0n) is 6.68. The molecular weight excluding hydrogens is 128 g/mol. The fourth-order valence-electron chi connectivity index (χ4n) is 1.37. The predicted molar refractivity (Wildman–Crippen MR) is 39.8 cm³/mol. The molecule has 0 aliphatic carbocycles. The smallest absolute Gasteiger partial charge is 0.440 e. The molecular formula is C7H15N2O+. The van der Waals surface area contributed by atoms with Crippen molar-refractivity contribution in [1.29, 1.82) is 0 Å². The number of hydrogen-bond acceptors (Lipinski definition) is 1. The summed E-state index contributed by atoms with van der Waals surface area (Å²) in [6, 6.07) is 0.909. The molecule has 1 aliphatic heterocycles. The summed E-state index contributed by atoms with van der Waals surface area (Å²) in [5.74, 6) is 0.548. The van der Waals surface area contributed by atoms with Gasteiger partial charge in [0.15, 0.2) is 0 Å². The minimum Gasteiger partial charge on any atom is -0.447 e. The van der Waals surface area contributed by atoms with E-state index in [1.807, 2.05) is 0 Å². The highest BCUT2D eigenvalue weighted by molar-refractivity contribution is 5.66. The van der Waals surface area contributed by atoms with Crippen LogP contribution in [0.3, 0.4) is 0 Å². The van der Waals surface area contributed by atoms with Crippen molar-refractivity contribution in [3.05, 3.63) is 0 Å². The van der Waals surface area contributed by atoms with Crippen LogP contribution in [0, 0.1) is 5.92 Å². The Morgan fingerprint density at radius 2 is 2.20 bits per heavy atom. The predicted octanol–water partition coefficient (Wildman–Crippen LogP) is -1.00. The Kier molecular flexibility index (Phi) is 1.83. The highest BCUT2D eigenvalue weighted by atomic mass is 16.3. The van der Waals surface area contributed by atoms with Crippen LogP contribution in [0.2, 0.25) is 0 Å². The molecule has 2 unspecified atom stereocenters. The van der Waals surface area contributed by atoms with Gasteiger partial charge in [0.2, 0.25) is 0 Å². The summed E-state index contributed by atoms with van der Waals surface area (Å²) in [5.41, 5.74) is 0. The van der Waals surface area contributed by atoms with Gasteiger partial charge in [-0.2, -0.15) is 0 Å². The molecule has 0 saturated heterocycles. The zero-order valence-corrected chi connectivity index (χ0v) is 6.68. The van der Waals surface area contributed by atoms with Crippen molar-refractivity contribution in [2.45, 2.75) is 32.9 Å². The number of aliphatic hydroxyl groups is 1. The van der Waals surface area contributed by atoms with Gasteiger partial charge in [-0.25, -0.2) is 10.3 Å². The van der Waals surface area contributed by atoms with Crippen LogP contribution in [0.25, 0.3) is 0 Å². The van der Waals surface area contributed by atoms with E-state index in [0.29, 0.717) is 18.0 Å². The molecule has 0 fully saturated rings. The lowest BCUT2D eigenvalue weighted by Crippen LogP contribution is -2.79. The normalized spacial score (nSPS) is 32.2. The molecule has 1 heterocycles. The van der Waals surface area contributed by atoms with Crippen LogP contribution >= 0.6 is 0 Å². The van der Waals surface area contributed by atoms with Crippen molar-refractivity contribution in [2.75, 3.05) is 0 Å². The SMILES string of the molecule is CC(C)C1[NH+]=C(O)NC1C. The molecule has 2 atom stereocenters. The largest absolute Gasteiger partial charge is 0.447 e. The van der Waals surface area contributed by atoms with Gasteiger partial charge in [-0.3, -0.25) is 0 Å². The molecule has 3 heteroatoms. The van der Waals surface area contributed by atoms with Crippen LogP contribution in [0.5, 0.6) is 0 Å². The van der Waals surface area contributed by atoms with Crippen molar-refractivity contribution in [3.63, 3.8) is 0 Å². The van der Waals surface area contributed by atoms with Crippen LogP contribution in [0.4, 0.5) is 0 Å². The van der Waals surface area contributed by atoms with E-state index < -0.39 is 0 Å². The Hall–Kier alpha value is -0.730. The second-order valence-electron chi connectivity index (χ2n) is 3.20. The van der Waals surface area contributed by atoms with E-state index in [0.717, 1.165) is 0 Å². The van der Waals surface area contributed by atoms with Gasteiger partial charge in [-0.05, 0) is 12.8 Å². The lowest BCUT2D eigenvalue weighted by molar-refractivity contribution is -0.511. The van der Waals surface area contributed by atoms with Crippen LogP contribution in [-0.2, 0) is 0 Å². The minimum absolute atomic E-state index is 0.214. The molecule has 3 N–H and O–H groups in total. The molecule has 0 aromatic rings. The molecule has 0 aromatic carbocycles. The van der Waals surface area contributed by atoms with Crippen molar-refractivity contribution in [2.24, 2.45) is 5.92 Å². The highest BCUT2D eigenvalue weighted by Crippen LogP contribution is 2.02. The minimum atomic E-state index is 0.214. The first kappa shape index (κ1) is 7.38. The number of rotatable bonds is 1. The van der Waals surface area contributed by atoms with Gasteiger partial charge in [0.25, 0.3) is 0 Å².